The molecule has 1 unspecified atom stereocenters. The quantitative estimate of drug-likeness (QED) is 0.177. The van der Waals surface area contributed by atoms with Crippen LogP contribution in [0.5, 0.6) is 5.75 Å². The summed E-state index contributed by atoms with van der Waals surface area (Å²) in [5.41, 5.74) is 4.14. The van der Waals surface area contributed by atoms with Crippen LogP contribution >= 0.6 is 0 Å². The van der Waals surface area contributed by atoms with E-state index in [4.69, 9.17) is 9.47 Å². The zero-order valence-corrected chi connectivity index (χ0v) is 25.9. The first-order valence-electron chi connectivity index (χ1n) is 15.6. The Labute approximate surface area is 263 Å². The predicted molar refractivity (Wildman–Crippen MR) is 174 cm³/mol. The number of aromatic nitrogens is 6. The van der Waals surface area contributed by atoms with Crippen LogP contribution in [0.2, 0.25) is 0 Å². The molecule has 1 aliphatic rings. The maximum absolute atomic E-state index is 12.8. The Morgan fingerprint density at radius 3 is 1.98 bits per heavy atom. The number of benzene rings is 3. The average molecular weight is 609 g/mol. The number of anilines is 2. The number of hydrogen-bond acceptors (Lipinski definition) is 8. The summed E-state index contributed by atoms with van der Waals surface area (Å²) in [6.07, 6.45) is 5.65. The van der Waals surface area contributed by atoms with E-state index in [0.717, 1.165) is 55.3 Å². The molecule has 0 N–H and O–H groups in total. The van der Waals surface area contributed by atoms with Gasteiger partial charge in [0.25, 0.3) is 0 Å². The van der Waals surface area contributed by atoms with Gasteiger partial charge in [0.15, 0.2) is 0 Å². The van der Waals surface area contributed by atoms with Crippen molar-refractivity contribution >= 4 is 11.4 Å². The Balaban J connectivity index is 0.969. The fraction of sp³-hybridized carbons (Fsp3) is 0.353. The van der Waals surface area contributed by atoms with Gasteiger partial charge < -0.3 is 19.3 Å². The van der Waals surface area contributed by atoms with Gasteiger partial charge in [0.2, 0.25) is 0 Å². The minimum atomic E-state index is -0.162. The van der Waals surface area contributed by atoms with Gasteiger partial charge in [-0.1, -0.05) is 37.3 Å². The zero-order chi connectivity index (χ0) is 31.0. The highest BCUT2D eigenvalue weighted by Crippen LogP contribution is 2.24. The van der Waals surface area contributed by atoms with Gasteiger partial charge in [0, 0.05) is 37.6 Å². The highest BCUT2D eigenvalue weighted by atomic mass is 16.5. The Bertz CT molecular complexity index is 1660. The molecule has 45 heavy (non-hydrogen) atoms. The standard InChI is InChI=1S/C34H40N8O3/c1-3-27(2)42-34(43)40(26-37-42)31-11-9-29(10-12-31)38-19-21-39(22-20-38)30-13-15-32(16-14-30)44-23-24-45-33(25-41-35-17-18-36-41)28-7-5-4-6-8-28/h4-18,26-27,33H,3,19-25H2,1-2H3/t27?,33-/m0/s1. The molecule has 6 rings (SSSR count). The molecular formula is C34H40N8O3. The number of ether oxygens (including phenoxy) is 2. The van der Waals surface area contributed by atoms with Crippen molar-refractivity contribution in [3.05, 3.63) is 114 Å². The van der Waals surface area contributed by atoms with Crippen molar-refractivity contribution in [1.82, 2.24) is 29.3 Å². The van der Waals surface area contributed by atoms with E-state index in [1.807, 2.05) is 49.4 Å². The molecule has 1 aliphatic heterocycles. The van der Waals surface area contributed by atoms with Gasteiger partial charge in [-0.2, -0.15) is 20.1 Å². The predicted octanol–water partition coefficient (Wildman–Crippen LogP) is 4.76. The van der Waals surface area contributed by atoms with Crippen molar-refractivity contribution in [2.75, 3.05) is 49.2 Å². The normalized spacial score (nSPS) is 14.8. The maximum Gasteiger partial charge on any atom is 0.350 e. The summed E-state index contributed by atoms with van der Waals surface area (Å²) in [5, 5.41) is 12.7. The summed E-state index contributed by atoms with van der Waals surface area (Å²) < 4.78 is 15.3. The Hall–Kier alpha value is -4.90. The minimum absolute atomic E-state index is 0.0768. The van der Waals surface area contributed by atoms with E-state index in [9.17, 15) is 4.79 Å². The maximum atomic E-state index is 12.8. The SMILES string of the molecule is CCC(C)n1ncn(-c2ccc(N3CCN(c4ccc(OCCO[C@@H](Cn5nccn5)c5ccccc5)cc4)CC3)cc2)c1=O. The fourth-order valence-electron chi connectivity index (χ4n) is 5.53. The molecule has 2 aromatic heterocycles. The van der Waals surface area contributed by atoms with E-state index >= 15 is 0 Å². The molecule has 0 radical (unpaired) electrons. The lowest BCUT2D eigenvalue weighted by atomic mass is 10.1. The third kappa shape index (κ3) is 7.26. The van der Waals surface area contributed by atoms with Crippen molar-refractivity contribution in [2.45, 2.75) is 39.0 Å². The van der Waals surface area contributed by atoms with Gasteiger partial charge in [-0.25, -0.2) is 14.0 Å². The minimum Gasteiger partial charge on any atom is -0.491 e. The van der Waals surface area contributed by atoms with Crippen LogP contribution in [0.25, 0.3) is 5.69 Å². The molecule has 11 nitrogen and oxygen atoms in total. The molecule has 0 aliphatic carbocycles. The molecule has 0 saturated carbocycles. The van der Waals surface area contributed by atoms with E-state index in [1.54, 1.807) is 32.8 Å². The van der Waals surface area contributed by atoms with Gasteiger partial charge in [-0.3, -0.25) is 0 Å². The number of hydrogen-bond donors (Lipinski definition) is 0. The average Bonchev–Trinajstić information content (AvgIpc) is 3.76. The smallest absolute Gasteiger partial charge is 0.350 e. The van der Waals surface area contributed by atoms with Crippen LogP contribution in [0, 0.1) is 0 Å². The topological polar surface area (TPSA) is 95.5 Å². The van der Waals surface area contributed by atoms with Gasteiger partial charge in [-0.05, 0) is 67.4 Å². The van der Waals surface area contributed by atoms with Crippen molar-refractivity contribution in [3.8, 4) is 11.4 Å². The van der Waals surface area contributed by atoms with Gasteiger partial charge >= 0.3 is 5.69 Å². The van der Waals surface area contributed by atoms with Crippen LogP contribution in [0.1, 0.15) is 38.0 Å². The molecule has 0 bridgehead atoms. The lowest BCUT2D eigenvalue weighted by Gasteiger charge is -2.37. The van der Waals surface area contributed by atoms with Crippen LogP contribution in [-0.4, -0.2) is 68.7 Å². The van der Waals surface area contributed by atoms with Crippen LogP contribution in [-0.2, 0) is 11.3 Å². The zero-order valence-electron chi connectivity index (χ0n) is 25.9. The lowest BCUT2D eigenvalue weighted by molar-refractivity contribution is 0.0182. The molecule has 1 saturated heterocycles. The van der Waals surface area contributed by atoms with Crippen molar-refractivity contribution < 1.29 is 9.47 Å². The summed E-state index contributed by atoms with van der Waals surface area (Å²) in [5.74, 6) is 0.819. The van der Waals surface area contributed by atoms with Crippen molar-refractivity contribution in [2.24, 2.45) is 0 Å². The largest absolute Gasteiger partial charge is 0.491 e. The molecule has 234 valence electrons. The van der Waals surface area contributed by atoms with Crippen LogP contribution in [0.15, 0.2) is 102 Å². The Morgan fingerprint density at radius 1 is 0.756 bits per heavy atom. The highest BCUT2D eigenvalue weighted by molar-refractivity contribution is 5.54. The van der Waals surface area contributed by atoms with E-state index in [0.29, 0.717) is 19.8 Å². The molecule has 1 fully saturated rings. The first-order valence-corrected chi connectivity index (χ1v) is 15.6. The molecule has 5 aromatic rings. The number of rotatable bonds is 13. The molecule has 3 aromatic carbocycles. The Kier molecular flexibility index (Phi) is 9.55. The number of piperazine rings is 1. The van der Waals surface area contributed by atoms with Crippen molar-refractivity contribution in [1.29, 1.82) is 0 Å². The van der Waals surface area contributed by atoms with Crippen LogP contribution < -0.4 is 20.2 Å². The van der Waals surface area contributed by atoms with Gasteiger partial charge in [-0.15, -0.1) is 0 Å². The fourth-order valence-corrected chi connectivity index (χ4v) is 5.53. The van der Waals surface area contributed by atoms with E-state index in [2.05, 4.69) is 68.4 Å². The summed E-state index contributed by atoms with van der Waals surface area (Å²) in [6.45, 7) is 9.16. The molecule has 2 atom stereocenters. The lowest BCUT2D eigenvalue weighted by Crippen LogP contribution is -2.46. The van der Waals surface area contributed by atoms with Crippen molar-refractivity contribution in [3.63, 3.8) is 0 Å². The van der Waals surface area contributed by atoms with Gasteiger partial charge in [0.05, 0.1) is 37.3 Å². The summed E-state index contributed by atoms with van der Waals surface area (Å²) in [7, 11) is 0. The second kappa shape index (κ2) is 14.3. The molecule has 3 heterocycles. The van der Waals surface area contributed by atoms with Crippen LogP contribution in [0.3, 0.4) is 0 Å². The molecule has 0 spiro atoms. The Morgan fingerprint density at radius 2 is 1.36 bits per heavy atom. The second-order valence-electron chi connectivity index (χ2n) is 11.2. The monoisotopic (exact) mass is 608 g/mol. The first kappa shape index (κ1) is 30.1. The third-order valence-electron chi connectivity index (χ3n) is 8.31. The summed E-state index contributed by atoms with van der Waals surface area (Å²) in [4.78, 5) is 19.2. The van der Waals surface area contributed by atoms with Crippen LogP contribution in [0.4, 0.5) is 11.4 Å². The first-order chi connectivity index (χ1) is 22.1. The number of nitrogens with zero attached hydrogens (tertiary/aromatic N) is 8. The molecule has 0 amide bonds. The van der Waals surface area contributed by atoms with E-state index < -0.39 is 0 Å². The third-order valence-corrected chi connectivity index (χ3v) is 8.31. The van der Waals surface area contributed by atoms with E-state index in [1.165, 1.54) is 5.69 Å². The second-order valence-corrected chi connectivity index (χ2v) is 11.2. The van der Waals surface area contributed by atoms with Gasteiger partial charge in [0.1, 0.15) is 24.8 Å². The van der Waals surface area contributed by atoms with E-state index in [-0.39, 0.29) is 17.8 Å². The molecular weight excluding hydrogens is 568 g/mol. The summed E-state index contributed by atoms with van der Waals surface area (Å²) in [6, 6.07) is 26.6. The molecule has 11 heteroatoms. The summed E-state index contributed by atoms with van der Waals surface area (Å²) >= 11 is 0. The highest BCUT2D eigenvalue weighted by Gasteiger charge is 2.19.